The Kier molecular flexibility index (Phi) is 7.33. The van der Waals surface area contributed by atoms with Crippen LogP contribution in [0.2, 0.25) is 0 Å². The highest BCUT2D eigenvalue weighted by Gasteiger charge is 2.37. The summed E-state index contributed by atoms with van der Waals surface area (Å²) in [6.07, 6.45) is -0.149. The highest BCUT2D eigenvalue weighted by Crippen LogP contribution is 2.33. The SMILES string of the molecule is COC(=O)CC1CN(C(=O)OC(C)(C)C)CCN1C(c1ccccc1)c1ccccc1. The van der Waals surface area contributed by atoms with Gasteiger partial charge in [0, 0.05) is 25.7 Å². The van der Waals surface area contributed by atoms with E-state index in [4.69, 9.17) is 9.47 Å². The quantitative estimate of drug-likeness (QED) is 0.671. The van der Waals surface area contributed by atoms with Crippen molar-refractivity contribution < 1.29 is 19.1 Å². The number of hydrogen-bond donors (Lipinski definition) is 0. The van der Waals surface area contributed by atoms with Crippen molar-refractivity contribution in [2.75, 3.05) is 26.7 Å². The predicted molar refractivity (Wildman–Crippen MR) is 120 cm³/mol. The second-order valence-corrected chi connectivity index (χ2v) is 8.82. The van der Waals surface area contributed by atoms with Crippen LogP contribution >= 0.6 is 0 Å². The van der Waals surface area contributed by atoms with Gasteiger partial charge in [-0.1, -0.05) is 60.7 Å². The van der Waals surface area contributed by atoms with Gasteiger partial charge in [0.15, 0.2) is 0 Å². The molecule has 0 spiro atoms. The fraction of sp³-hybridized carbons (Fsp3) is 0.440. The van der Waals surface area contributed by atoms with Crippen LogP contribution in [0, 0.1) is 0 Å². The molecule has 1 atom stereocenters. The standard InChI is InChI=1S/C25H32N2O4/c1-25(2,3)31-24(29)26-15-16-27(21(18-26)17-22(28)30-4)23(19-11-7-5-8-12-19)20-13-9-6-10-14-20/h5-14,21,23H,15-18H2,1-4H3. The number of benzene rings is 2. The third-order valence-corrected chi connectivity index (χ3v) is 5.37. The Morgan fingerprint density at radius 3 is 2.00 bits per heavy atom. The van der Waals surface area contributed by atoms with Crippen LogP contribution in [0.5, 0.6) is 0 Å². The number of amides is 1. The molecule has 1 heterocycles. The van der Waals surface area contributed by atoms with Crippen molar-refractivity contribution in [3.8, 4) is 0 Å². The van der Waals surface area contributed by atoms with Gasteiger partial charge in [-0.15, -0.1) is 0 Å². The third kappa shape index (κ3) is 6.07. The molecule has 1 amide bonds. The van der Waals surface area contributed by atoms with Crippen LogP contribution in [0.25, 0.3) is 0 Å². The van der Waals surface area contributed by atoms with Crippen molar-refractivity contribution in [2.24, 2.45) is 0 Å². The molecule has 0 radical (unpaired) electrons. The highest BCUT2D eigenvalue weighted by atomic mass is 16.6. The number of rotatable bonds is 5. The fourth-order valence-electron chi connectivity index (χ4n) is 4.01. The topological polar surface area (TPSA) is 59.1 Å². The van der Waals surface area contributed by atoms with Crippen LogP contribution in [0.4, 0.5) is 4.79 Å². The van der Waals surface area contributed by atoms with Crippen LogP contribution in [0.1, 0.15) is 44.4 Å². The van der Waals surface area contributed by atoms with Gasteiger partial charge < -0.3 is 14.4 Å². The molecule has 1 aliphatic heterocycles. The summed E-state index contributed by atoms with van der Waals surface area (Å²) in [4.78, 5) is 28.9. The molecule has 0 aromatic heterocycles. The van der Waals surface area contributed by atoms with Crippen LogP contribution in [-0.4, -0.2) is 60.2 Å². The summed E-state index contributed by atoms with van der Waals surface area (Å²) in [5, 5.41) is 0. The molecular weight excluding hydrogens is 392 g/mol. The van der Waals surface area contributed by atoms with E-state index in [0.29, 0.717) is 19.6 Å². The Morgan fingerprint density at radius 1 is 0.968 bits per heavy atom. The van der Waals surface area contributed by atoms with Crippen molar-refractivity contribution >= 4 is 12.1 Å². The largest absolute Gasteiger partial charge is 0.469 e. The predicted octanol–water partition coefficient (Wildman–Crippen LogP) is 4.26. The zero-order valence-electron chi connectivity index (χ0n) is 18.8. The van der Waals surface area contributed by atoms with Gasteiger partial charge in [0.25, 0.3) is 0 Å². The van der Waals surface area contributed by atoms with Gasteiger partial charge in [-0.3, -0.25) is 9.69 Å². The monoisotopic (exact) mass is 424 g/mol. The number of carbonyl (C=O) groups is 2. The van der Waals surface area contributed by atoms with Gasteiger partial charge in [-0.05, 0) is 31.9 Å². The first-order chi connectivity index (χ1) is 14.8. The van der Waals surface area contributed by atoms with E-state index in [1.807, 2.05) is 57.2 Å². The molecule has 0 N–H and O–H groups in total. The minimum atomic E-state index is -0.567. The molecular formula is C25H32N2O4. The van der Waals surface area contributed by atoms with Crippen molar-refractivity contribution in [3.63, 3.8) is 0 Å². The number of nitrogens with zero attached hydrogens (tertiary/aromatic N) is 2. The van der Waals surface area contributed by atoms with Crippen LogP contribution in [0.15, 0.2) is 60.7 Å². The second kappa shape index (κ2) is 9.96. The van der Waals surface area contributed by atoms with Gasteiger partial charge >= 0.3 is 12.1 Å². The summed E-state index contributed by atoms with van der Waals surface area (Å²) in [6, 6.07) is 20.3. The number of esters is 1. The summed E-state index contributed by atoms with van der Waals surface area (Å²) in [7, 11) is 1.40. The number of ether oxygens (including phenoxy) is 2. The molecule has 31 heavy (non-hydrogen) atoms. The maximum absolute atomic E-state index is 12.7. The van der Waals surface area contributed by atoms with Crippen molar-refractivity contribution in [1.82, 2.24) is 9.80 Å². The van der Waals surface area contributed by atoms with Crippen LogP contribution in [0.3, 0.4) is 0 Å². The average Bonchev–Trinajstić information content (AvgIpc) is 2.75. The highest BCUT2D eigenvalue weighted by molar-refractivity contribution is 5.71. The lowest BCUT2D eigenvalue weighted by molar-refractivity contribution is -0.143. The molecule has 2 aromatic rings. The number of methoxy groups -OCH3 is 1. The molecule has 1 unspecified atom stereocenters. The molecule has 1 fully saturated rings. The van der Waals surface area contributed by atoms with Crippen LogP contribution < -0.4 is 0 Å². The van der Waals surface area contributed by atoms with E-state index in [0.717, 1.165) is 11.1 Å². The Morgan fingerprint density at radius 2 is 1.52 bits per heavy atom. The fourth-order valence-corrected chi connectivity index (χ4v) is 4.01. The summed E-state index contributed by atoms with van der Waals surface area (Å²) in [5.41, 5.74) is 1.73. The van der Waals surface area contributed by atoms with E-state index in [2.05, 4.69) is 29.2 Å². The zero-order valence-corrected chi connectivity index (χ0v) is 18.8. The smallest absolute Gasteiger partial charge is 0.410 e. The van der Waals surface area contributed by atoms with Gasteiger partial charge in [0.2, 0.25) is 0 Å². The zero-order chi connectivity index (χ0) is 22.4. The summed E-state index contributed by atoms with van der Waals surface area (Å²) in [5.74, 6) is -0.291. The molecule has 6 nitrogen and oxygen atoms in total. The van der Waals surface area contributed by atoms with Crippen molar-refractivity contribution in [2.45, 2.75) is 44.9 Å². The Labute approximate surface area is 184 Å². The summed E-state index contributed by atoms with van der Waals surface area (Å²) in [6.45, 7) is 7.12. The lowest BCUT2D eigenvalue weighted by atomic mass is 9.93. The van der Waals surface area contributed by atoms with E-state index < -0.39 is 5.60 Å². The molecule has 1 aliphatic rings. The molecule has 3 rings (SSSR count). The molecule has 6 heteroatoms. The lowest BCUT2D eigenvalue weighted by Crippen LogP contribution is -2.57. The van der Waals surface area contributed by atoms with E-state index in [1.54, 1.807) is 4.90 Å². The van der Waals surface area contributed by atoms with E-state index in [-0.39, 0.29) is 30.6 Å². The van der Waals surface area contributed by atoms with Gasteiger partial charge in [-0.25, -0.2) is 4.79 Å². The Balaban J connectivity index is 1.92. The number of carbonyl (C=O) groups excluding carboxylic acids is 2. The average molecular weight is 425 g/mol. The van der Waals surface area contributed by atoms with E-state index in [1.165, 1.54) is 7.11 Å². The van der Waals surface area contributed by atoms with Gasteiger partial charge in [0.1, 0.15) is 5.60 Å². The van der Waals surface area contributed by atoms with Crippen molar-refractivity contribution in [3.05, 3.63) is 71.8 Å². The second-order valence-electron chi connectivity index (χ2n) is 8.82. The van der Waals surface area contributed by atoms with E-state index >= 15 is 0 Å². The minimum absolute atomic E-state index is 0.0298. The lowest BCUT2D eigenvalue weighted by Gasteiger charge is -2.45. The molecule has 166 valence electrons. The minimum Gasteiger partial charge on any atom is -0.469 e. The van der Waals surface area contributed by atoms with Gasteiger partial charge in [-0.2, -0.15) is 0 Å². The summed E-state index contributed by atoms with van der Waals surface area (Å²) < 4.78 is 10.5. The Hall–Kier alpha value is -2.86. The maximum Gasteiger partial charge on any atom is 0.410 e. The molecule has 0 aliphatic carbocycles. The first-order valence-electron chi connectivity index (χ1n) is 10.7. The summed E-state index contributed by atoms with van der Waals surface area (Å²) >= 11 is 0. The van der Waals surface area contributed by atoms with E-state index in [9.17, 15) is 9.59 Å². The normalized spacial score (nSPS) is 17.5. The van der Waals surface area contributed by atoms with Crippen molar-refractivity contribution in [1.29, 1.82) is 0 Å². The maximum atomic E-state index is 12.7. The number of hydrogen-bond acceptors (Lipinski definition) is 5. The first kappa shape index (κ1) is 22.8. The molecule has 1 saturated heterocycles. The number of piperazine rings is 1. The third-order valence-electron chi connectivity index (χ3n) is 5.37. The Bertz CT molecular complexity index is 825. The molecule has 0 saturated carbocycles. The molecule has 2 aromatic carbocycles. The molecule has 0 bridgehead atoms. The van der Waals surface area contributed by atoms with Crippen LogP contribution in [-0.2, 0) is 14.3 Å². The first-order valence-corrected chi connectivity index (χ1v) is 10.7. The van der Waals surface area contributed by atoms with Gasteiger partial charge in [0.05, 0.1) is 19.6 Å².